The van der Waals surface area contributed by atoms with Crippen molar-refractivity contribution in [1.29, 1.82) is 0 Å². The fraction of sp³-hybridized carbons (Fsp3) is 0.400. The van der Waals surface area contributed by atoms with Gasteiger partial charge < -0.3 is 4.24 Å². The van der Waals surface area contributed by atoms with E-state index in [0.29, 0.717) is 0 Å². The van der Waals surface area contributed by atoms with Crippen LogP contribution in [0.2, 0.25) is 0 Å². The summed E-state index contributed by atoms with van der Waals surface area (Å²) >= 11 is 4.99. The van der Waals surface area contributed by atoms with Gasteiger partial charge in [-0.3, -0.25) is 11.8 Å². The summed E-state index contributed by atoms with van der Waals surface area (Å²) in [7, 11) is -3.67. The molecule has 6 heteroatoms. The second-order valence-corrected chi connectivity index (χ2v) is 6.29. The average molecular weight is 254 g/mol. The first-order chi connectivity index (χ1) is 6.77. The molecule has 0 radical (unpaired) electrons. The molecule has 0 fully saturated rings. The summed E-state index contributed by atoms with van der Waals surface area (Å²) in [5.41, 5.74) is 1.07. The SMILES string of the molecule is CC(C)(C)c1ccc(S(=O)(=O)[N-]Cl)cc1.[Li+]. The van der Waals surface area contributed by atoms with Crippen LogP contribution in [0.1, 0.15) is 26.3 Å². The Morgan fingerprint density at radius 3 is 1.88 bits per heavy atom. The van der Waals surface area contributed by atoms with Crippen LogP contribution in [0.15, 0.2) is 29.2 Å². The van der Waals surface area contributed by atoms with Gasteiger partial charge in [0.1, 0.15) is 10.0 Å². The van der Waals surface area contributed by atoms with E-state index in [-0.39, 0.29) is 29.2 Å². The molecule has 16 heavy (non-hydrogen) atoms. The van der Waals surface area contributed by atoms with Crippen LogP contribution in [0.3, 0.4) is 0 Å². The van der Waals surface area contributed by atoms with Crippen molar-refractivity contribution in [3.8, 4) is 0 Å². The molecule has 0 aliphatic heterocycles. The molecule has 84 valence electrons. The molecule has 0 saturated heterocycles. The molecule has 3 nitrogen and oxygen atoms in total. The van der Waals surface area contributed by atoms with Gasteiger partial charge in [-0.25, -0.2) is 8.42 Å². The first-order valence-electron chi connectivity index (χ1n) is 4.46. The summed E-state index contributed by atoms with van der Waals surface area (Å²) in [6.07, 6.45) is 0. The summed E-state index contributed by atoms with van der Waals surface area (Å²) < 4.78 is 25.4. The smallest absolute Gasteiger partial charge is 0.458 e. The number of halogens is 1. The molecule has 0 aromatic heterocycles. The van der Waals surface area contributed by atoms with Crippen molar-refractivity contribution < 1.29 is 27.3 Å². The fourth-order valence-corrected chi connectivity index (χ4v) is 1.97. The standard InChI is InChI=1S/C10H13ClNO2S.Li/c1-10(2,3)8-4-6-9(7-5-8)15(13,14)12-11;/h4-7H,1-3H3;/q-1;+1. The number of sulfonamides is 1. The Balaban J connectivity index is 0.00000225. The Kier molecular flexibility index (Phi) is 5.58. The zero-order chi connectivity index (χ0) is 11.7. The molecule has 0 heterocycles. The maximum Gasteiger partial charge on any atom is 1.00 e. The first-order valence-corrected chi connectivity index (χ1v) is 6.24. The molecule has 0 bridgehead atoms. The zero-order valence-corrected chi connectivity index (χ0v) is 11.4. The number of nitrogens with zero attached hydrogens (tertiary/aromatic N) is 1. The van der Waals surface area contributed by atoms with Crippen molar-refractivity contribution in [2.24, 2.45) is 0 Å². The van der Waals surface area contributed by atoms with E-state index < -0.39 is 10.0 Å². The minimum atomic E-state index is -3.67. The van der Waals surface area contributed by atoms with E-state index in [4.69, 9.17) is 11.8 Å². The van der Waals surface area contributed by atoms with Gasteiger partial charge in [0.05, 0.1) is 0 Å². The molecule has 1 rings (SSSR count). The van der Waals surface area contributed by atoms with Crippen molar-refractivity contribution in [3.05, 3.63) is 34.1 Å². The van der Waals surface area contributed by atoms with E-state index in [2.05, 4.69) is 25.0 Å². The van der Waals surface area contributed by atoms with Crippen LogP contribution in [0, 0.1) is 0 Å². The molecule has 0 saturated carbocycles. The van der Waals surface area contributed by atoms with Gasteiger partial charge in [0.15, 0.2) is 0 Å². The van der Waals surface area contributed by atoms with Crippen molar-refractivity contribution in [2.45, 2.75) is 31.1 Å². The predicted octanol–water partition coefficient (Wildman–Crippen LogP) is 0.204. The summed E-state index contributed by atoms with van der Waals surface area (Å²) in [6, 6.07) is 6.58. The van der Waals surface area contributed by atoms with Crippen LogP contribution in [-0.2, 0) is 15.4 Å². The molecule has 0 spiro atoms. The van der Waals surface area contributed by atoms with Crippen molar-refractivity contribution >= 4 is 21.8 Å². The number of rotatable bonds is 2. The fourth-order valence-electron chi connectivity index (χ4n) is 1.17. The van der Waals surface area contributed by atoms with Crippen LogP contribution < -0.4 is 18.9 Å². The second kappa shape index (κ2) is 5.57. The Hall–Kier alpha value is 0.0174. The van der Waals surface area contributed by atoms with Crippen molar-refractivity contribution in [2.75, 3.05) is 0 Å². The molecule has 0 unspecified atom stereocenters. The van der Waals surface area contributed by atoms with E-state index in [0.717, 1.165) is 5.56 Å². The number of hydrogen-bond acceptors (Lipinski definition) is 2. The summed E-state index contributed by atoms with van der Waals surface area (Å²) in [5, 5.41) is 0. The Bertz CT molecular complexity index is 437. The second-order valence-electron chi connectivity index (χ2n) is 4.32. The van der Waals surface area contributed by atoms with Gasteiger partial charge >= 0.3 is 18.9 Å². The molecule has 0 aliphatic rings. The first kappa shape index (κ1) is 16.0. The van der Waals surface area contributed by atoms with E-state index in [1.807, 2.05) is 0 Å². The van der Waals surface area contributed by atoms with Gasteiger partial charge in [0.25, 0.3) is 0 Å². The topological polar surface area (TPSA) is 48.2 Å². The van der Waals surface area contributed by atoms with Crippen LogP contribution in [0.5, 0.6) is 0 Å². The van der Waals surface area contributed by atoms with Crippen LogP contribution in [0.25, 0.3) is 4.24 Å². The molecule has 0 N–H and O–H groups in total. The van der Waals surface area contributed by atoms with Gasteiger partial charge in [0, 0.05) is 4.90 Å². The van der Waals surface area contributed by atoms with Crippen molar-refractivity contribution in [3.63, 3.8) is 0 Å². The largest absolute Gasteiger partial charge is 1.00 e. The van der Waals surface area contributed by atoms with Crippen LogP contribution in [-0.4, -0.2) is 8.42 Å². The monoisotopic (exact) mass is 253 g/mol. The maximum absolute atomic E-state index is 11.3. The normalized spacial score (nSPS) is 12.0. The van der Waals surface area contributed by atoms with Gasteiger partial charge in [-0.05, 0) is 23.1 Å². The minimum Gasteiger partial charge on any atom is -0.458 e. The average Bonchev–Trinajstić information content (AvgIpc) is 2.17. The minimum absolute atomic E-state index is 0. The third-order valence-electron chi connectivity index (χ3n) is 2.11. The number of benzene rings is 1. The summed E-state index contributed by atoms with van der Waals surface area (Å²) in [6.45, 7) is 6.17. The van der Waals surface area contributed by atoms with Gasteiger partial charge in [-0.2, -0.15) is 0 Å². The molecular weight excluding hydrogens is 241 g/mol. The van der Waals surface area contributed by atoms with E-state index >= 15 is 0 Å². The zero-order valence-electron chi connectivity index (χ0n) is 9.86. The van der Waals surface area contributed by atoms with E-state index in [1.54, 1.807) is 12.1 Å². The summed E-state index contributed by atoms with van der Waals surface area (Å²) in [5.74, 6) is 0. The quantitative estimate of drug-likeness (QED) is 0.708. The molecule has 0 amide bonds. The predicted molar refractivity (Wildman–Crippen MR) is 61.5 cm³/mol. The number of hydrogen-bond donors (Lipinski definition) is 0. The summed E-state index contributed by atoms with van der Waals surface area (Å²) in [4.78, 5) is 0.116. The van der Waals surface area contributed by atoms with E-state index in [9.17, 15) is 8.42 Å². The Labute approximate surface area is 114 Å². The van der Waals surface area contributed by atoms with Gasteiger partial charge in [0.2, 0.25) is 0 Å². The van der Waals surface area contributed by atoms with Crippen LogP contribution in [0.4, 0.5) is 0 Å². The van der Waals surface area contributed by atoms with Crippen LogP contribution >= 0.6 is 11.8 Å². The molecule has 0 aliphatic carbocycles. The van der Waals surface area contributed by atoms with E-state index in [1.165, 1.54) is 12.1 Å². The maximum atomic E-state index is 11.3. The molecule has 1 aromatic carbocycles. The third kappa shape index (κ3) is 3.80. The van der Waals surface area contributed by atoms with Gasteiger partial charge in [-0.15, -0.1) is 0 Å². The molecular formula is C10H13ClLiNO2S. The molecule has 1 aromatic rings. The third-order valence-corrected chi connectivity index (χ3v) is 3.70. The van der Waals surface area contributed by atoms with Crippen molar-refractivity contribution in [1.82, 2.24) is 0 Å². The van der Waals surface area contributed by atoms with Gasteiger partial charge in [-0.1, -0.05) is 32.9 Å². The molecule has 0 atom stereocenters. The Morgan fingerprint density at radius 2 is 1.56 bits per heavy atom. The Morgan fingerprint density at radius 1 is 1.12 bits per heavy atom.